The maximum absolute atomic E-state index is 13.1. The lowest BCUT2D eigenvalue weighted by atomic mass is 10.1. The van der Waals surface area contributed by atoms with E-state index in [1.54, 1.807) is 23.0 Å². The first-order chi connectivity index (χ1) is 15.0. The van der Waals surface area contributed by atoms with E-state index in [9.17, 15) is 19.3 Å². The molecule has 0 aliphatic heterocycles. The Balaban J connectivity index is 1.66. The largest absolute Gasteiger partial charge is 0.326 e. The predicted octanol–water partition coefficient (Wildman–Crippen LogP) is 4.77. The lowest BCUT2D eigenvalue weighted by Gasteiger charge is -2.05. The summed E-state index contributed by atoms with van der Waals surface area (Å²) in [4.78, 5) is 23.1. The zero-order chi connectivity index (χ0) is 21.8. The monoisotopic (exact) mass is 416 g/mol. The van der Waals surface area contributed by atoms with E-state index in [1.165, 1.54) is 36.4 Å². The van der Waals surface area contributed by atoms with Gasteiger partial charge in [0.05, 0.1) is 22.7 Å². The molecule has 8 heteroatoms. The van der Waals surface area contributed by atoms with E-state index in [1.807, 2.05) is 30.3 Å². The van der Waals surface area contributed by atoms with Crippen LogP contribution in [0.4, 0.5) is 15.8 Å². The van der Waals surface area contributed by atoms with Crippen molar-refractivity contribution < 1.29 is 14.1 Å². The summed E-state index contributed by atoms with van der Waals surface area (Å²) < 4.78 is 14.8. The van der Waals surface area contributed by atoms with Gasteiger partial charge < -0.3 is 5.32 Å². The van der Waals surface area contributed by atoms with Crippen molar-refractivity contribution in [2.75, 3.05) is 5.32 Å². The molecular formula is C23H17FN4O3. The number of carbonyl (C=O) groups excluding carboxylic acids is 1. The van der Waals surface area contributed by atoms with Gasteiger partial charge >= 0.3 is 0 Å². The molecule has 0 radical (unpaired) electrons. The Labute approximate surface area is 176 Å². The molecule has 31 heavy (non-hydrogen) atoms. The lowest BCUT2D eigenvalue weighted by molar-refractivity contribution is -0.384. The SMILES string of the molecule is O=C(Cc1cn(-c2ccccc2)nc1-c1ccc([N+](=O)[O-])cc1)Nc1ccc(F)cc1. The van der Waals surface area contributed by atoms with Crippen molar-refractivity contribution in [1.82, 2.24) is 9.78 Å². The highest BCUT2D eigenvalue weighted by atomic mass is 19.1. The third-order valence-corrected chi connectivity index (χ3v) is 4.64. The van der Waals surface area contributed by atoms with E-state index >= 15 is 0 Å². The average molecular weight is 416 g/mol. The van der Waals surface area contributed by atoms with Crippen LogP contribution in [0.5, 0.6) is 0 Å². The highest BCUT2D eigenvalue weighted by Crippen LogP contribution is 2.26. The van der Waals surface area contributed by atoms with Gasteiger partial charge in [-0.3, -0.25) is 14.9 Å². The number of carbonyl (C=O) groups is 1. The van der Waals surface area contributed by atoms with Crippen LogP contribution >= 0.6 is 0 Å². The number of hydrogen-bond donors (Lipinski definition) is 1. The Morgan fingerprint density at radius 3 is 2.32 bits per heavy atom. The number of nitro benzene ring substituents is 1. The minimum absolute atomic E-state index is 0.0243. The van der Waals surface area contributed by atoms with E-state index < -0.39 is 4.92 Å². The summed E-state index contributed by atoms with van der Waals surface area (Å²) in [6.45, 7) is 0. The zero-order valence-electron chi connectivity index (χ0n) is 16.2. The second kappa shape index (κ2) is 8.58. The van der Waals surface area contributed by atoms with Gasteiger partial charge in [-0.15, -0.1) is 0 Å². The molecule has 0 aliphatic carbocycles. The summed E-state index contributed by atoms with van der Waals surface area (Å²) in [5.74, 6) is -0.676. The lowest BCUT2D eigenvalue weighted by Crippen LogP contribution is -2.14. The number of rotatable bonds is 6. The number of aromatic nitrogens is 2. The summed E-state index contributed by atoms with van der Waals surface area (Å²) in [7, 11) is 0. The van der Waals surface area contributed by atoms with Gasteiger partial charge in [0.1, 0.15) is 5.82 Å². The van der Waals surface area contributed by atoms with E-state index in [0.29, 0.717) is 22.5 Å². The molecule has 0 fully saturated rings. The molecule has 0 aliphatic rings. The Hall–Kier alpha value is -4.33. The number of nitro groups is 1. The fourth-order valence-corrected chi connectivity index (χ4v) is 3.15. The van der Waals surface area contributed by atoms with Gasteiger partial charge in [0.15, 0.2) is 0 Å². The highest BCUT2D eigenvalue weighted by Gasteiger charge is 2.17. The quantitative estimate of drug-likeness (QED) is 0.362. The van der Waals surface area contributed by atoms with Crippen molar-refractivity contribution in [3.8, 4) is 16.9 Å². The Morgan fingerprint density at radius 2 is 1.68 bits per heavy atom. The van der Waals surface area contributed by atoms with E-state index in [-0.39, 0.29) is 23.8 Å². The van der Waals surface area contributed by atoms with Crippen molar-refractivity contribution in [2.24, 2.45) is 0 Å². The number of nitrogens with one attached hydrogen (secondary N) is 1. The molecule has 0 saturated carbocycles. The van der Waals surface area contributed by atoms with Crippen LogP contribution in [0.3, 0.4) is 0 Å². The van der Waals surface area contributed by atoms with Crippen LogP contribution in [0.25, 0.3) is 16.9 Å². The molecule has 0 bridgehead atoms. The number of amides is 1. The predicted molar refractivity (Wildman–Crippen MR) is 114 cm³/mol. The van der Waals surface area contributed by atoms with Gasteiger partial charge in [-0.05, 0) is 48.5 Å². The first-order valence-electron chi connectivity index (χ1n) is 9.44. The van der Waals surface area contributed by atoms with Crippen LogP contribution < -0.4 is 5.32 Å². The number of benzene rings is 3. The van der Waals surface area contributed by atoms with E-state index in [0.717, 1.165) is 5.69 Å². The molecule has 1 N–H and O–H groups in total. The van der Waals surface area contributed by atoms with Gasteiger partial charge in [0.25, 0.3) is 5.69 Å². The molecule has 3 aromatic carbocycles. The fourth-order valence-electron chi connectivity index (χ4n) is 3.15. The number of halogens is 1. The van der Waals surface area contributed by atoms with Gasteiger partial charge in [0.2, 0.25) is 5.91 Å². The molecule has 1 aromatic heterocycles. The number of anilines is 1. The summed E-state index contributed by atoms with van der Waals surface area (Å²) >= 11 is 0. The highest BCUT2D eigenvalue weighted by molar-refractivity contribution is 5.93. The van der Waals surface area contributed by atoms with E-state index in [4.69, 9.17) is 0 Å². The standard InChI is InChI=1S/C23H17FN4O3/c24-18-8-10-19(11-9-18)25-22(29)14-17-15-27(20-4-2-1-3-5-20)26-23(17)16-6-12-21(13-7-16)28(30)31/h1-13,15H,14H2,(H,25,29). The minimum Gasteiger partial charge on any atom is -0.326 e. The van der Waals surface area contributed by atoms with Crippen LogP contribution in [-0.2, 0) is 11.2 Å². The van der Waals surface area contributed by atoms with Crippen LogP contribution in [0, 0.1) is 15.9 Å². The normalized spacial score (nSPS) is 10.6. The molecular weight excluding hydrogens is 399 g/mol. The van der Waals surface area contributed by atoms with Crippen LogP contribution in [-0.4, -0.2) is 20.6 Å². The minimum atomic E-state index is -0.469. The molecule has 1 amide bonds. The molecule has 0 saturated heterocycles. The third-order valence-electron chi connectivity index (χ3n) is 4.64. The van der Waals surface area contributed by atoms with Crippen LogP contribution in [0.1, 0.15) is 5.56 Å². The first-order valence-corrected chi connectivity index (χ1v) is 9.44. The van der Waals surface area contributed by atoms with Gasteiger partial charge in [-0.1, -0.05) is 18.2 Å². The zero-order valence-corrected chi connectivity index (χ0v) is 16.2. The molecule has 0 spiro atoms. The number of nitrogens with zero attached hydrogens (tertiary/aromatic N) is 3. The van der Waals surface area contributed by atoms with Crippen molar-refractivity contribution in [2.45, 2.75) is 6.42 Å². The van der Waals surface area contributed by atoms with Gasteiger partial charge in [0, 0.05) is 35.1 Å². The second-order valence-corrected chi connectivity index (χ2v) is 6.82. The number of hydrogen-bond acceptors (Lipinski definition) is 4. The van der Waals surface area contributed by atoms with Crippen LogP contribution in [0.15, 0.2) is 85.1 Å². The molecule has 154 valence electrons. The summed E-state index contributed by atoms with van der Waals surface area (Å²) in [6, 6.07) is 20.9. The summed E-state index contributed by atoms with van der Waals surface area (Å²) in [5.41, 5.74) is 3.13. The Bertz CT molecular complexity index is 1220. The average Bonchev–Trinajstić information content (AvgIpc) is 3.19. The molecule has 4 rings (SSSR count). The van der Waals surface area contributed by atoms with E-state index in [2.05, 4.69) is 10.4 Å². The van der Waals surface area contributed by atoms with Crippen molar-refractivity contribution in [3.63, 3.8) is 0 Å². The summed E-state index contributed by atoms with van der Waals surface area (Å²) in [6.07, 6.45) is 1.78. The number of non-ortho nitro benzene ring substituents is 1. The summed E-state index contributed by atoms with van der Waals surface area (Å²) in [5, 5.41) is 18.3. The Kier molecular flexibility index (Phi) is 5.53. The smallest absolute Gasteiger partial charge is 0.269 e. The maximum Gasteiger partial charge on any atom is 0.269 e. The van der Waals surface area contributed by atoms with Gasteiger partial charge in [-0.2, -0.15) is 5.10 Å². The molecule has 0 atom stereocenters. The Morgan fingerprint density at radius 1 is 1.00 bits per heavy atom. The maximum atomic E-state index is 13.1. The van der Waals surface area contributed by atoms with Crippen molar-refractivity contribution in [3.05, 3.63) is 107 Å². The van der Waals surface area contributed by atoms with Crippen molar-refractivity contribution in [1.29, 1.82) is 0 Å². The third kappa shape index (κ3) is 4.64. The molecule has 0 unspecified atom stereocenters. The van der Waals surface area contributed by atoms with Crippen LogP contribution in [0.2, 0.25) is 0 Å². The second-order valence-electron chi connectivity index (χ2n) is 6.82. The fraction of sp³-hybridized carbons (Fsp3) is 0.0435. The molecule has 7 nitrogen and oxygen atoms in total. The van der Waals surface area contributed by atoms with Gasteiger partial charge in [-0.25, -0.2) is 9.07 Å². The molecule has 1 heterocycles. The molecule has 4 aromatic rings. The topological polar surface area (TPSA) is 90.1 Å². The van der Waals surface area contributed by atoms with Crippen molar-refractivity contribution >= 4 is 17.3 Å². The first kappa shape index (κ1) is 20.0. The number of para-hydroxylation sites is 1.